The van der Waals surface area contributed by atoms with Crippen molar-refractivity contribution in [3.05, 3.63) is 99.5 Å². The highest BCUT2D eigenvalue weighted by Crippen LogP contribution is 2.18. The predicted octanol–water partition coefficient (Wildman–Crippen LogP) is 3.89. The second kappa shape index (κ2) is 9.08. The van der Waals surface area contributed by atoms with Crippen molar-refractivity contribution in [2.45, 2.75) is 20.4 Å². The van der Waals surface area contributed by atoms with E-state index in [2.05, 4.69) is 10.3 Å². The molecule has 4 aromatic rings. The van der Waals surface area contributed by atoms with E-state index in [0.717, 1.165) is 5.56 Å². The molecule has 0 spiro atoms. The number of carbonyl (C=O) groups is 2. The smallest absolute Gasteiger partial charge is 0.244 e. The SMILES string of the molecule is COc1cccc(NC(=O)Cn2cc(C(=O)c3ccc(C)cc3)c(=O)c3ccc(C)nc32)c1. The van der Waals surface area contributed by atoms with Gasteiger partial charge in [-0.05, 0) is 38.1 Å². The molecule has 0 unspecified atom stereocenters. The Morgan fingerprint density at radius 1 is 1.03 bits per heavy atom. The Morgan fingerprint density at radius 2 is 1.79 bits per heavy atom. The Balaban J connectivity index is 1.74. The molecular formula is C26H23N3O4. The van der Waals surface area contributed by atoms with Crippen molar-refractivity contribution in [2.24, 2.45) is 0 Å². The number of nitrogens with one attached hydrogen (secondary N) is 1. The maximum absolute atomic E-state index is 13.1. The van der Waals surface area contributed by atoms with E-state index in [9.17, 15) is 14.4 Å². The lowest BCUT2D eigenvalue weighted by Gasteiger charge is -2.13. The van der Waals surface area contributed by atoms with Gasteiger partial charge >= 0.3 is 0 Å². The third-order valence-electron chi connectivity index (χ3n) is 5.29. The van der Waals surface area contributed by atoms with E-state index in [1.807, 2.05) is 19.1 Å². The molecule has 0 fully saturated rings. The lowest BCUT2D eigenvalue weighted by Crippen LogP contribution is -2.25. The zero-order valence-corrected chi connectivity index (χ0v) is 18.6. The van der Waals surface area contributed by atoms with Gasteiger partial charge in [0.25, 0.3) is 0 Å². The van der Waals surface area contributed by atoms with E-state index < -0.39 is 11.2 Å². The summed E-state index contributed by atoms with van der Waals surface area (Å²) >= 11 is 0. The number of rotatable bonds is 6. The maximum atomic E-state index is 13.1. The maximum Gasteiger partial charge on any atom is 0.244 e. The van der Waals surface area contributed by atoms with Crippen molar-refractivity contribution in [3.63, 3.8) is 0 Å². The fourth-order valence-electron chi connectivity index (χ4n) is 3.56. The van der Waals surface area contributed by atoms with Crippen LogP contribution in [0.3, 0.4) is 0 Å². The van der Waals surface area contributed by atoms with Crippen LogP contribution in [0, 0.1) is 13.8 Å². The summed E-state index contributed by atoms with van der Waals surface area (Å²) in [5.74, 6) is -0.112. The van der Waals surface area contributed by atoms with Crippen LogP contribution in [0.25, 0.3) is 11.0 Å². The predicted molar refractivity (Wildman–Crippen MR) is 127 cm³/mol. The molecule has 0 atom stereocenters. The van der Waals surface area contributed by atoms with Crippen molar-refractivity contribution < 1.29 is 14.3 Å². The van der Waals surface area contributed by atoms with Crippen molar-refractivity contribution in [1.29, 1.82) is 0 Å². The Kier molecular flexibility index (Phi) is 6.04. The third kappa shape index (κ3) is 4.67. The second-order valence-corrected chi connectivity index (χ2v) is 7.80. The Hall–Kier alpha value is -4.26. The quantitative estimate of drug-likeness (QED) is 0.459. The largest absolute Gasteiger partial charge is 0.497 e. The summed E-state index contributed by atoms with van der Waals surface area (Å²) in [5, 5.41) is 3.10. The first kappa shape index (κ1) is 22.0. The van der Waals surface area contributed by atoms with Crippen LogP contribution >= 0.6 is 0 Å². The molecule has 7 heteroatoms. The number of aryl methyl sites for hydroxylation is 2. The molecule has 0 saturated heterocycles. The fraction of sp³-hybridized carbons (Fsp3) is 0.154. The number of hydrogen-bond donors (Lipinski definition) is 1. The zero-order chi connectivity index (χ0) is 23.5. The first-order chi connectivity index (χ1) is 15.9. The van der Waals surface area contributed by atoms with E-state index >= 15 is 0 Å². The molecule has 1 amide bonds. The zero-order valence-electron chi connectivity index (χ0n) is 18.6. The van der Waals surface area contributed by atoms with E-state index in [4.69, 9.17) is 4.74 Å². The molecule has 2 aromatic heterocycles. The first-order valence-corrected chi connectivity index (χ1v) is 10.4. The summed E-state index contributed by atoms with van der Waals surface area (Å²) in [4.78, 5) is 43.6. The molecule has 0 bridgehead atoms. The topological polar surface area (TPSA) is 90.3 Å². The molecule has 2 aromatic carbocycles. The molecule has 166 valence electrons. The molecule has 2 heterocycles. The van der Waals surface area contributed by atoms with Gasteiger partial charge in [-0.3, -0.25) is 14.4 Å². The fourth-order valence-corrected chi connectivity index (χ4v) is 3.56. The van der Waals surface area contributed by atoms with Gasteiger partial charge in [-0.2, -0.15) is 0 Å². The van der Waals surface area contributed by atoms with Gasteiger partial charge in [0.05, 0.1) is 18.1 Å². The average Bonchev–Trinajstić information content (AvgIpc) is 2.81. The van der Waals surface area contributed by atoms with Crippen molar-refractivity contribution in [2.75, 3.05) is 12.4 Å². The van der Waals surface area contributed by atoms with Gasteiger partial charge in [0.1, 0.15) is 17.9 Å². The Bertz CT molecular complexity index is 1420. The summed E-state index contributed by atoms with van der Waals surface area (Å²) in [6.07, 6.45) is 1.42. The number of nitrogens with zero attached hydrogens (tertiary/aromatic N) is 2. The number of ether oxygens (including phenoxy) is 1. The number of carbonyl (C=O) groups excluding carboxylic acids is 2. The van der Waals surface area contributed by atoms with Crippen molar-refractivity contribution in [1.82, 2.24) is 9.55 Å². The van der Waals surface area contributed by atoms with E-state index in [1.54, 1.807) is 67.1 Å². The van der Waals surface area contributed by atoms with Crippen LogP contribution < -0.4 is 15.5 Å². The highest BCUT2D eigenvalue weighted by Gasteiger charge is 2.19. The normalized spacial score (nSPS) is 10.8. The van der Waals surface area contributed by atoms with Gasteiger partial charge in [0.15, 0.2) is 5.78 Å². The summed E-state index contributed by atoms with van der Waals surface area (Å²) in [6.45, 7) is 3.60. The Labute approximate surface area is 190 Å². The lowest BCUT2D eigenvalue weighted by atomic mass is 10.0. The van der Waals surface area contributed by atoms with Crippen LogP contribution in [-0.4, -0.2) is 28.4 Å². The minimum absolute atomic E-state index is 0.00816. The number of ketones is 1. The molecule has 0 aliphatic carbocycles. The summed E-state index contributed by atoms with van der Waals surface area (Å²) in [6, 6.07) is 17.4. The highest BCUT2D eigenvalue weighted by atomic mass is 16.5. The average molecular weight is 441 g/mol. The number of aromatic nitrogens is 2. The van der Waals surface area contributed by atoms with Crippen LogP contribution in [0.15, 0.2) is 71.7 Å². The monoisotopic (exact) mass is 441 g/mol. The van der Waals surface area contributed by atoms with Gasteiger partial charge in [0, 0.05) is 29.2 Å². The van der Waals surface area contributed by atoms with Crippen LogP contribution in [0.4, 0.5) is 5.69 Å². The van der Waals surface area contributed by atoms with Gasteiger partial charge in [0.2, 0.25) is 11.3 Å². The van der Waals surface area contributed by atoms with Gasteiger partial charge in [-0.25, -0.2) is 4.98 Å². The lowest BCUT2D eigenvalue weighted by molar-refractivity contribution is -0.116. The molecule has 33 heavy (non-hydrogen) atoms. The van der Waals surface area contributed by atoms with Gasteiger partial charge in [-0.15, -0.1) is 0 Å². The van der Waals surface area contributed by atoms with E-state index in [0.29, 0.717) is 28.3 Å². The number of hydrogen-bond acceptors (Lipinski definition) is 5. The molecule has 0 radical (unpaired) electrons. The van der Waals surface area contributed by atoms with Crippen LogP contribution in [0.2, 0.25) is 0 Å². The van der Waals surface area contributed by atoms with Crippen LogP contribution in [0.1, 0.15) is 27.2 Å². The van der Waals surface area contributed by atoms with E-state index in [1.165, 1.54) is 6.20 Å². The number of benzene rings is 2. The number of fused-ring (bicyclic) bond motifs is 1. The third-order valence-corrected chi connectivity index (χ3v) is 5.29. The highest BCUT2D eigenvalue weighted by molar-refractivity contribution is 6.10. The number of pyridine rings is 2. The molecule has 0 aliphatic heterocycles. The van der Waals surface area contributed by atoms with Crippen LogP contribution in [0.5, 0.6) is 5.75 Å². The number of amides is 1. The molecule has 7 nitrogen and oxygen atoms in total. The van der Waals surface area contributed by atoms with Crippen molar-refractivity contribution >= 4 is 28.4 Å². The molecule has 4 rings (SSSR count). The van der Waals surface area contributed by atoms with Crippen molar-refractivity contribution in [3.8, 4) is 5.75 Å². The Morgan fingerprint density at radius 3 is 2.52 bits per heavy atom. The molecule has 0 aliphatic rings. The minimum Gasteiger partial charge on any atom is -0.497 e. The van der Waals surface area contributed by atoms with Crippen LogP contribution in [-0.2, 0) is 11.3 Å². The summed E-state index contributed by atoms with van der Waals surface area (Å²) < 4.78 is 6.73. The molecular weight excluding hydrogens is 418 g/mol. The first-order valence-electron chi connectivity index (χ1n) is 10.4. The second-order valence-electron chi connectivity index (χ2n) is 7.80. The standard InChI is InChI=1S/C26H23N3O4/c1-16-7-10-18(11-8-16)24(31)22-14-29(26-21(25(22)32)12-9-17(2)27-26)15-23(30)28-19-5-4-6-20(13-19)33-3/h4-14H,15H2,1-3H3,(H,28,30). The molecule has 0 saturated carbocycles. The summed E-state index contributed by atoms with van der Waals surface area (Å²) in [7, 11) is 1.55. The van der Waals surface area contributed by atoms with Gasteiger partial charge < -0.3 is 14.6 Å². The molecule has 1 N–H and O–H groups in total. The van der Waals surface area contributed by atoms with E-state index in [-0.39, 0.29) is 23.4 Å². The number of methoxy groups -OCH3 is 1. The summed E-state index contributed by atoms with van der Waals surface area (Å²) in [5.41, 5.74) is 2.62. The number of anilines is 1. The van der Waals surface area contributed by atoms with Gasteiger partial charge in [-0.1, -0.05) is 35.9 Å². The minimum atomic E-state index is -0.410.